The number of ether oxygens (including phenoxy) is 1. The highest BCUT2D eigenvalue weighted by Gasteiger charge is 2.11. The average Bonchev–Trinajstić information content (AvgIpc) is 2.56. The predicted molar refractivity (Wildman–Crippen MR) is 107 cm³/mol. The van der Waals surface area contributed by atoms with Crippen molar-refractivity contribution in [3.8, 4) is 0 Å². The van der Waals surface area contributed by atoms with Gasteiger partial charge < -0.3 is 14.5 Å². The van der Waals surface area contributed by atoms with Crippen LogP contribution in [-0.4, -0.2) is 29.2 Å². The molecule has 0 aliphatic carbocycles. The molecule has 25 heavy (non-hydrogen) atoms. The molecule has 0 saturated heterocycles. The molecule has 0 aliphatic heterocycles. The van der Waals surface area contributed by atoms with E-state index in [0.29, 0.717) is 6.61 Å². The summed E-state index contributed by atoms with van der Waals surface area (Å²) in [5.74, 6) is 0. The summed E-state index contributed by atoms with van der Waals surface area (Å²) in [7, 11) is -3.89. The minimum absolute atomic E-state index is 0.162. The summed E-state index contributed by atoms with van der Waals surface area (Å²) < 4.78 is 15.9. The van der Waals surface area contributed by atoms with E-state index in [1.807, 2.05) is 0 Å². The van der Waals surface area contributed by atoms with E-state index in [1.54, 1.807) is 0 Å². The monoisotopic (exact) mass is 376 g/mol. The number of allylic oxidation sites excluding steroid dienone is 2. The van der Waals surface area contributed by atoms with Crippen molar-refractivity contribution in [2.45, 2.75) is 96.8 Å². The molecule has 150 valence electrons. The molecule has 0 amide bonds. The SMILES string of the molecule is CCCCCCCC/C=C\CCCCCCCCOCCP(=O)(O)O. The van der Waals surface area contributed by atoms with Crippen molar-refractivity contribution in [3.05, 3.63) is 12.2 Å². The third-order valence-corrected chi connectivity index (χ3v) is 5.09. The van der Waals surface area contributed by atoms with Crippen LogP contribution in [0, 0.1) is 0 Å². The fraction of sp³-hybridized carbons (Fsp3) is 0.900. The minimum Gasteiger partial charge on any atom is -0.381 e. The molecule has 4 nitrogen and oxygen atoms in total. The maximum Gasteiger partial charge on any atom is 0.327 e. The van der Waals surface area contributed by atoms with Gasteiger partial charge in [-0.15, -0.1) is 0 Å². The van der Waals surface area contributed by atoms with Gasteiger partial charge in [0.2, 0.25) is 0 Å². The number of unbranched alkanes of at least 4 members (excludes halogenated alkanes) is 12. The molecule has 0 aromatic carbocycles. The van der Waals surface area contributed by atoms with E-state index in [9.17, 15) is 4.57 Å². The van der Waals surface area contributed by atoms with E-state index in [2.05, 4.69) is 19.1 Å². The molecule has 0 aromatic heterocycles. The number of hydrogen-bond donors (Lipinski definition) is 2. The second kappa shape index (κ2) is 18.6. The topological polar surface area (TPSA) is 66.8 Å². The summed E-state index contributed by atoms with van der Waals surface area (Å²) in [5, 5.41) is 0. The van der Waals surface area contributed by atoms with E-state index in [4.69, 9.17) is 14.5 Å². The lowest BCUT2D eigenvalue weighted by atomic mass is 10.1. The highest BCUT2D eigenvalue weighted by molar-refractivity contribution is 7.51. The van der Waals surface area contributed by atoms with E-state index < -0.39 is 7.60 Å². The van der Waals surface area contributed by atoms with Crippen LogP contribution in [0.1, 0.15) is 96.8 Å². The van der Waals surface area contributed by atoms with Crippen LogP contribution in [0.5, 0.6) is 0 Å². The van der Waals surface area contributed by atoms with Crippen molar-refractivity contribution in [2.75, 3.05) is 19.4 Å². The molecule has 0 saturated carbocycles. The van der Waals surface area contributed by atoms with Crippen molar-refractivity contribution in [1.82, 2.24) is 0 Å². The lowest BCUT2D eigenvalue weighted by Gasteiger charge is -2.05. The van der Waals surface area contributed by atoms with Crippen LogP contribution in [0.25, 0.3) is 0 Å². The first-order chi connectivity index (χ1) is 12.1. The molecule has 0 fully saturated rings. The quantitative estimate of drug-likeness (QED) is 0.160. The standard InChI is InChI=1S/C20H41O4P/c1-2-3-4-5-6-7-8-9-10-11-12-13-14-15-16-17-18-24-19-20-25(21,22)23/h9-10H,2-8,11-20H2,1H3,(H2,21,22,23)/b10-9-. The Labute approximate surface area is 155 Å². The Morgan fingerprint density at radius 1 is 0.720 bits per heavy atom. The van der Waals surface area contributed by atoms with Gasteiger partial charge in [-0.2, -0.15) is 0 Å². The molecule has 5 heteroatoms. The molecular weight excluding hydrogens is 335 g/mol. The Morgan fingerprint density at radius 3 is 1.72 bits per heavy atom. The Hall–Kier alpha value is -0.150. The Balaban J connectivity index is 3.11. The minimum atomic E-state index is -3.89. The van der Waals surface area contributed by atoms with Gasteiger partial charge in [-0.1, -0.05) is 76.9 Å². The Morgan fingerprint density at radius 2 is 1.20 bits per heavy atom. The first kappa shape index (κ1) is 24.8. The molecular formula is C20H41O4P. The van der Waals surface area contributed by atoms with Crippen LogP contribution in [0.2, 0.25) is 0 Å². The van der Waals surface area contributed by atoms with Crippen molar-refractivity contribution >= 4 is 7.60 Å². The van der Waals surface area contributed by atoms with Crippen molar-refractivity contribution in [3.63, 3.8) is 0 Å². The molecule has 0 aromatic rings. The lowest BCUT2D eigenvalue weighted by Crippen LogP contribution is -2.02. The summed E-state index contributed by atoms with van der Waals surface area (Å²) in [5.41, 5.74) is 0. The first-order valence-electron chi connectivity index (χ1n) is 10.3. The van der Waals surface area contributed by atoms with Crippen LogP contribution >= 0.6 is 7.60 Å². The zero-order chi connectivity index (χ0) is 18.6. The molecule has 0 atom stereocenters. The fourth-order valence-electron chi connectivity index (χ4n) is 2.74. The summed E-state index contributed by atoms with van der Waals surface area (Å²) in [6.45, 7) is 3.03. The Kier molecular flexibility index (Phi) is 18.5. The molecule has 0 rings (SSSR count). The molecule has 0 bridgehead atoms. The van der Waals surface area contributed by atoms with Gasteiger partial charge in [0.1, 0.15) is 0 Å². The van der Waals surface area contributed by atoms with Crippen LogP contribution in [0.4, 0.5) is 0 Å². The number of rotatable bonds is 19. The van der Waals surface area contributed by atoms with Gasteiger partial charge >= 0.3 is 7.60 Å². The van der Waals surface area contributed by atoms with Gasteiger partial charge in [-0.3, -0.25) is 4.57 Å². The molecule has 2 N–H and O–H groups in total. The molecule has 0 radical (unpaired) electrons. The zero-order valence-corrected chi connectivity index (χ0v) is 17.2. The third-order valence-electron chi connectivity index (χ3n) is 4.33. The maximum atomic E-state index is 10.6. The van der Waals surface area contributed by atoms with E-state index in [-0.39, 0.29) is 12.8 Å². The van der Waals surface area contributed by atoms with Crippen molar-refractivity contribution < 1.29 is 19.1 Å². The molecule has 0 spiro atoms. The smallest absolute Gasteiger partial charge is 0.327 e. The van der Waals surface area contributed by atoms with Crippen molar-refractivity contribution in [2.24, 2.45) is 0 Å². The average molecular weight is 377 g/mol. The Bertz CT molecular complexity index is 339. The zero-order valence-electron chi connectivity index (χ0n) is 16.3. The fourth-order valence-corrected chi connectivity index (χ4v) is 3.10. The van der Waals surface area contributed by atoms with Crippen LogP contribution < -0.4 is 0 Å². The molecule has 0 aliphatic rings. The van der Waals surface area contributed by atoms with Gasteiger partial charge in [0.15, 0.2) is 0 Å². The predicted octanol–water partition coefficient (Wildman–Crippen LogP) is 6.22. The summed E-state index contributed by atoms with van der Waals surface area (Å²) in [6, 6.07) is 0. The maximum absolute atomic E-state index is 10.6. The van der Waals surface area contributed by atoms with Gasteiger partial charge in [0.25, 0.3) is 0 Å². The van der Waals surface area contributed by atoms with E-state index >= 15 is 0 Å². The summed E-state index contributed by atoms with van der Waals surface area (Å²) >= 11 is 0. The van der Waals surface area contributed by atoms with Crippen LogP contribution in [-0.2, 0) is 9.30 Å². The second-order valence-corrected chi connectivity index (χ2v) is 8.72. The largest absolute Gasteiger partial charge is 0.381 e. The van der Waals surface area contributed by atoms with E-state index in [1.165, 1.54) is 77.0 Å². The molecule has 0 heterocycles. The second-order valence-electron chi connectivity index (χ2n) is 6.94. The van der Waals surface area contributed by atoms with Crippen LogP contribution in [0.15, 0.2) is 12.2 Å². The highest BCUT2D eigenvalue weighted by Crippen LogP contribution is 2.33. The van der Waals surface area contributed by atoms with Crippen molar-refractivity contribution in [1.29, 1.82) is 0 Å². The van der Waals surface area contributed by atoms with Gasteiger partial charge in [-0.25, -0.2) is 0 Å². The third kappa shape index (κ3) is 23.9. The summed E-state index contributed by atoms with van der Waals surface area (Å²) in [4.78, 5) is 17.4. The van der Waals surface area contributed by atoms with Gasteiger partial charge in [0, 0.05) is 6.61 Å². The summed E-state index contributed by atoms with van der Waals surface area (Å²) in [6.07, 6.45) is 22.4. The van der Waals surface area contributed by atoms with Gasteiger partial charge in [-0.05, 0) is 32.1 Å². The van der Waals surface area contributed by atoms with E-state index in [0.717, 1.165) is 12.8 Å². The highest BCUT2D eigenvalue weighted by atomic mass is 31.2. The first-order valence-corrected chi connectivity index (χ1v) is 12.1. The molecule has 0 unspecified atom stereocenters. The van der Waals surface area contributed by atoms with Crippen LogP contribution in [0.3, 0.4) is 0 Å². The normalized spacial score (nSPS) is 12.3. The van der Waals surface area contributed by atoms with Gasteiger partial charge in [0.05, 0.1) is 12.8 Å². The lowest BCUT2D eigenvalue weighted by molar-refractivity contribution is 0.141. The number of hydrogen-bond acceptors (Lipinski definition) is 2.